The standard InChI is InChI=1S/C21H21F3N2O2/c1-11-8-16(15-9-18(27-3)19(28-4)10-17(15)25-11)26-12(2)13-6-5-7-14(20(13)22)21(23)24/h5-10,12,21H,1-4H3,(H,25,26)/t12-/m1/s1. The highest BCUT2D eigenvalue weighted by atomic mass is 19.3. The number of rotatable bonds is 6. The summed E-state index contributed by atoms with van der Waals surface area (Å²) in [5, 5.41) is 3.97. The summed E-state index contributed by atoms with van der Waals surface area (Å²) in [4.78, 5) is 4.51. The van der Waals surface area contributed by atoms with E-state index in [-0.39, 0.29) is 5.56 Å². The molecule has 0 radical (unpaired) electrons. The average Bonchev–Trinajstić information content (AvgIpc) is 2.66. The average molecular weight is 390 g/mol. The van der Waals surface area contributed by atoms with Gasteiger partial charge in [0.25, 0.3) is 6.43 Å². The quantitative estimate of drug-likeness (QED) is 0.577. The number of alkyl halides is 2. The lowest BCUT2D eigenvalue weighted by atomic mass is 10.0. The number of fused-ring (bicyclic) bond motifs is 1. The van der Waals surface area contributed by atoms with Crippen molar-refractivity contribution < 1.29 is 22.6 Å². The van der Waals surface area contributed by atoms with E-state index in [4.69, 9.17) is 9.47 Å². The third kappa shape index (κ3) is 3.69. The van der Waals surface area contributed by atoms with Crippen molar-refractivity contribution in [2.45, 2.75) is 26.3 Å². The molecule has 0 saturated heterocycles. The van der Waals surface area contributed by atoms with E-state index in [9.17, 15) is 13.2 Å². The van der Waals surface area contributed by atoms with Gasteiger partial charge < -0.3 is 14.8 Å². The van der Waals surface area contributed by atoms with Crippen LogP contribution in [0.2, 0.25) is 0 Å². The molecule has 0 aliphatic carbocycles. The van der Waals surface area contributed by atoms with Crippen LogP contribution in [0.4, 0.5) is 18.9 Å². The van der Waals surface area contributed by atoms with Crippen LogP contribution < -0.4 is 14.8 Å². The maximum absolute atomic E-state index is 14.5. The van der Waals surface area contributed by atoms with E-state index in [0.29, 0.717) is 22.7 Å². The minimum atomic E-state index is -2.87. The Bertz CT molecular complexity index is 1010. The van der Waals surface area contributed by atoms with Crippen molar-refractivity contribution in [3.8, 4) is 11.5 Å². The molecule has 0 unspecified atom stereocenters. The molecule has 3 aromatic rings. The second-order valence-corrected chi connectivity index (χ2v) is 6.45. The molecule has 4 nitrogen and oxygen atoms in total. The van der Waals surface area contributed by atoms with Crippen LogP contribution in [0.1, 0.15) is 36.2 Å². The first-order valence-corrected chi connectivity index (χ1v) is 8.72. The summed E-state index contributed by atoms with van der Waals surface area (Å²) in [5.41, 5.74) is 1.68. The number of aromatic nitrogens is 1. The molecule has 0 fully saturated rings. The van der Waals surface area contributed by atoms with E-state index in [2.05, 4.69) is 10.3 Å². The first kappa shape index (κ1) is 19.8. The van der Waals surface area contributed by atoms with Gasteiger partial charge in [-0.2, -0.15) is 0 Å². The lowest BCUT2D eigenvalue weighted by Crippen LogP contribution is -2.11. The summed E-state index contributed by atoms with van der Waals surface area (Å²) < 4.78 is 51.2. The minimum absolute atomic E-state index is 0.167. The third-order valence-electron chi connectivity index (χ3n) is 4.57. The fraction of sp³-hybridized carbons (Fsp3) is 0.286. The minimum Gasteiger partial charge on any atom is -0.493 e. The second kappa shape index (κ2) is 7.96. The van der Waals surface area contributed by atoms with Gasteiger partial charge in [0.2, 0.25) is 0 Å². The second-order valence-electron chi connectivity index (χ2n) is 6.45. The van der Waals surface area contributed by atoms with E-state index in [1.807, 2.05) is 13.0 Å². The van der Waals surface area contributed by atoms with Crippen LogP contribution in [0.5, 0.6) is 11.5 Å². The van der Waals surface area contributed by atoms with Crippen molar-refractivity contribution in [1.82, 2.24) is 4.98 Å². The molecule has 0 saturated carbocycles. The van der Waals surface area contributed by atoms with Crippen LogP contribution in [0, 0.1) is 12.7 Å². The Morgan fingerprint density at radius 3 is 2.29 bits per heavy atom. The monoisotopic (exact) mass is 390 g/mol. The highest BCUT2D eigenvalue weighted by Gasteiger charge is 2.20. The molecule has 0 spiro atoms. The topological polar surface area (TPSA) is 43.4 Å². The third-order valence-corrected chi connectivity index (χ3v) is 4.57. The Labute approximate surface area is 161 Å². The van der Waals surface area contributed by atoms with Crippen LogP contribution in [0.15, 0.2) is 36.4 Å². The number of benzene rings is 2. The molecule has 28 heavy (non-hydrogen) atoms. The van der Waals surface area contributed by atoms with Crippen LogP contribution in [0.3, 0.4) is 0 Å². The van der Waals surface area contributed by atoms with Crippen LogP contribution >= 0.6 is 0 Å². The lowest BCUT2D eigenvalue weighted by molar-refractivity contribution is 0.146. The van der Waals surface area contributed by atoms with Crippen molar-refractivity contribution >= 4 is 16.6 Å². The molecular weight excluding hydrogens is 369 g/mol. The number of anilines is 1. The van der Waals surface area contributed by atoms with Gasteiger partial charge in [0, 0.05) is 28.4 Å². The Morgan fingerprint density at radius 1 is 1.00 bits per heavy atom. The Morgan fingerprint density at radius 2 is 1.64 bits per heavy atom. The molecule has 7 heteroatoms. The number of halogens is 3. The first-order valence-electron chi connectivity index (χ1n) is 8.72. The van der Waals surface area contributed by atoms with Gasteiger partial charge in [-0.15, -0.1) is 0 Å². The maximum atomic E-state index is 14.5. The van der Waals surface area contributed by atoms with E-state index in [1.54, 1.807) is 26.2 Å². The summed E-state index contributed by atoms with van der Waals surface area (Å²) in [6.45, 7) is 3.56. The van der Waals surface area contributed by atoms with Crippen LogP contribution in [0.25, 0.3) is 10.9 Å². The van der Waals surface area contributed by atoms with E-state index in [1.165, 1.54) is 19.2 Å². The molecule has 3 rings (SSSR count). The zero-order valence-electron chi connectivity index (χ0n) is 16.0. The Hall–Kier alpha value is -2.96. The molecule has 1 atom stereocenters. The normalized spacial score (nSPS) is 12.3. The summed E-state index contributed by atoms with van der Waals surface area (Å²) in [5.74, 6) is 0.178. The SMILES string of the molecule is COc1cc2nc(C)cc(N[C@H](C)c3cccc(C(F)F)c3F)c2cc1OC. The van der Waals surface area contributed by atoms with E-state index >= 15 is 0 Å². The molecule has 148 valence electrons. The molecule has 0 aliphatic rings. The fourth-order valence-electron chi connectivity index (χ4n) is 3.19. The van der Waals surface area contributed by atoms with Gasteiger partial charge in [-0.25, -0.2) is 13.2 Å². The molecule has 0 amide bonds. The molecule has 1 N–H and O–H groups in total. The number of aryl methyl sites for hydroxylation is 1. The number of hydrogen-bond donors (Lipinski definition) is 1. The van der Waals surface area contributed by atoms with Crippen LogP contribution in [-0.4, -0.2) is 19.2 Å². The Kier molecular flexibility index (Phi) is 5.63. The zero-order chi connectivity index (χ0) is 20.4. The van der Waals surface area contributed by atoms with Gasteiger partial charge in [-0.05, 0) is 26.0 Å². The number of pyridine rings is 1. The van der Waals surface area contributed by atoms with Gasteiger partial charge in [0.1, 0.15) is 5.82 Å². The highest BCUT2D eigenvalue weighted by Crippen LogP contribution is 2.36. The van der Waals surface area contributed by atoms with Crippen molar-refractivity contribution in [3.63, 3.8) is 0 Å². The molecule has 1 aromatic heterocycles. The summed E-state index contributed by atoms with van der Waals surface area (Å²) in [6.07, 6.45) is -2.87. The first-order chi connectivity index (χ1) is 13.3. The van der Waals surface area contributed by atoms with E-state index in [0.717, 1.165) is 17.1 Å². The van der Waals surface area contributed by atoms with E-state index < -0.39 is 23.8 Å². The smallest absolute Gasteiger partial charge is 0.266 e. The predicted octanol–water partition coefficient (Wildman–Crippen LogP) is 5.81. The van der Waals surface area contributed by atoms with Gasteiger partial charge in [0.05, 0.1) is 31.3 Å². The number of hydrogen-bond acceptors (Lipinski definition) is 4. The van der Waals surface area contributed by atoms with Gasteiger partial charge in [-0.3, -0.25) is 4.98 Å². The zero-order valence-corrected chi connectivity index (χ0v) is 16.0. The predicted molar refractivity (Wildman–Crippen MR) is 103 cm³/mol. The number of nitrogens with one attached hydrogen (secondary N) is 1. The van der Waals surface area contributed by atoms with Gasteiger partial charge in [0.15, 0.2) is 11.5 Å². The van der Waals surface area contributed by atoms with Gasteiger partial charge >= 0.3 is 0 Å². The van der Waals surface area contributed by atoms with Crippen molar-refractivity contribution in [3.05, 3.63) is 59.0 Å². The van der Waals surface area contributed by atoms with Crippen molar-refractivity contribution in [2.24, 2.45) is 0 Å². The summed E-state index contributed by atoms with van der Waals surface area (Å²) >= 11 is 0. The largest absolute Gasteiger partial charge is 0.493 e. The molecule has 0 aliphatic heterocycles. The number of methoxy groups -OCH3 is 2. The lowest BCUT2D eigenvalue weighted by Gasteiger charge is -2.20. The highest BCUT2D eigenvalue weighted by molar-refractivity contribution is 5.94. The molecule has 0 bridgehead atoms. The molecular formula is C21H21F3N2O2. The Balaban J connectivity index is 2.06. The van der Waals surface area contributed by atoms with Crippen molar-refractivity contribution in [1.29, 1.82) is 0 Å². The molecule has 1 heterocycles. The number of nitrogens with zero attached hydrogens (tertiary/aromatic N) is 1. The summed E-state index contributed by atoms with van der Waals surface area (Å²) in [6, 6.07) is 8.84. The summed E-state index contributed by atoms with van der Waals surface area (Å²) in [7, 11) is 3.08. The van der Waals surface area contributed by atoms with Crippen LogP contribution in [-0.2, 0) is 0 Å². The fourth-order valence-corrected chi connectivity index (χ4v) is 3.19. The number of ether oxygens (including phenoxy) is 2. The van der Waals surface area contributed by atoms with Crippen molar-refractivity contribution in [2.75, 3.05) is 19.5 Å². The maximum Gasteiger partial charge on any atom is 0.266 e. The van der Waals surface area contributed by atoms with Gasteiger partial charge in [-0.1, -0.05) is 18.2 Å². The molecule has 2 aromatic carbocycles.